The second kappa shape index (κ2) is 9.74. The molecule has 29 heavy (non-hydrogen) atoms. The average Bonchev–Trinajstić information content (AvgIpc) is 2.78. The first-order valence-electron chi connectivity index (χ1n) is 9.89. The summed E-state index contributed by atoms with van der Waals surface area (Å²) in [5, 5.41) is 11.7. The summed E-state index contributed by atoms with van der Waals surface area (Å²) < 4.78 is 5.61. The number of hydrogen-bond acceptors (Lipinski definition) is 4. The highest BCUT2D eigenvalue weighted by molar-refractivity contribution is 5.94. The quantitative estimate of drug-likeness (QED) is 0.819. The van der Waals surface area contributed by atoms with E-state index in [1.54, 1.807) is 31.2 Å². The molecule has 150 valence electrons. The molecule has 2 aromatic rings. The number of hydrogen-bond donors (Lipinski definition) is 1. The van der Waals surface area contributed by atoms with Gasteiger partial charge >= 0.3 is 0 Å². The number of carbonyl (C=O) groups is 2. The Labute approximate surface area is 171 Å². The van der Waals surface area contributed by atoms with E-state index in [2.05, 4.69) is 5.32 Å². The zero-order chi connectivity index (χ0) is 20.6. The van der Waals surface area contributed by atoms with Gasteiger partial charge in [0.25, 0.3) is 11.8 Å². The molecule has 1 heterocycles. The van der Waals surface area contributed by atoms with Crippen LogP contribution in [0.3, 0.4) is 0 Å². The highest BCUT2D eigenvalue weighted by Gasteiger charge is 2.18. The highest BCUT2D eigenvalue weighted by atomic mass is 16.5. The lowest BCUT2D eigenvalue weighted by molar-refractivity contribution is -0.127. The lowest BCUT2D eigenvalue weighted by atomic mass is 10.1. The average molecular weight is 391 g/mol. The predicted molar refractivity (Wildman–Crippen MR) is 109 cm³/mol. The van der Waals surface area contributed by atoms with Gasteiger partial charge in [-0.15, -0.1) is 0 Å². The number of ether oxygens (including phenoxy) is 1. The molecule has 1 unspecified atom stereocenters. The van der Waals surface area contributed by atoms with E-state index in [4.69, 9.17) is 10.00 Å². The Morgan fingerprint density at radius 1 is 1.07 bits per heavy atom. The van der Waals surface area contributed by atoms with E-state index in [0.717, 1.165) is 31.5 Å². The van der Waals surface area contributed by atoms with Crippen molar-refractivity contribution in [1.82, 2.24) is 10.2 Å². The summed E-state index contributed by atoms with van der Waals surface area (Å²) in [6.07, 6.45) is 2.66. The second-order valence-corrected chi connectivity index (χ2v) is 7.16. The van der Waals surface area contributed by atoms with Crippen LogP contribution in [0.4, 0.5) is 0 Å². The number of carbonyl (C=O) groups excluding carboxylic acids is 2. The van der Waals surface area contributed by atoms with Crippen LogP contribution in [0.25, 0.3) is 0 Å². The summed E-state index contributed by atoms with van der Waals surface area (Å²) in [4.78, 5) is 26.7. The molecular formula is C23H25N3O3. The fourth-order valence-corrected chi connectivity index (χ4v) is 3.24. The summed E-state index contributed by atoms with van der Waals surface area (Å²) in [6, 6.07) is 16.0. The number of likely N-dealkylation sites (tertiary alicyclic amines) is 1. The van der Waals surface area contributed by atoms with Crippen LogP contribution in [0.1, 0.15) is 47.7 Å². The molecule has 6 nitrogen and oxygen atoms in total. The van der Waals surface area contributed by atoms with Gasteiger partial charge in [-0.1, -0.05) is 12.1 Å². The van der Waals surface area contributed by atoms with Crippen molar-refractivity contribution in [3.8, 4) is 11.8 Å². The van der Waals surface area contributed by atoms with Gasteiger partial charge in [0.1, 0.15) is 5.75 Å². The molecule has 1 fully saturated rings. The van der Waals surface area contributed by atoms with E-state index >= 15 is 0 Å². The van der Waals surface area contributed by atoms with Gasteiger partial charge in [0.2, 0.25) is 0 Å². The first-order valence-corrected chi connectivity index (χ1v) is 9.89. The van der Waals surface area contributed by atoms with Crippen LogP contribution in [-0.2, 0) is 11.3 Å². The normalized spacial score (nSPS) is 14.6. The monoisotopic (exact) mass is 391 g/mol. The molecule has 0 radical (unpaired) electrons. The van der Waals surface area contributed by atoms with E-state index in [9.17, 15) is 9.59 Å². The summed E-state index contributed by atoms with van der Waals surface area (Å²) in [6.45, 7) is 3.69. The van der Waals surface area contributed by atoms with E-state index in [-0.39, 0.29) is 11.8 Å². The Balaban J connectivity index is 1.49. The van der Waals surface area contributed by atoms with Gasteiger partial charge in [-0.25, -0.2) is 0 Å². The van der Waals surface area contributed by atoms with Gasteiger partial charge in [-0.2, -0.15) is 5.26 Å². The number of amides is 2. The van der Waals surface area contributed by atoms with E-state index in [1.165, 1.54) is 6.42 Å². The maximum Gasteiger partial charge on any atom is 0.261 e. The van der Waals surface area contributed by atoms with E-state index in [1.807, 2.05) is 35.2 Å². The van der Waals surface area contributed by atoms with Crippen molar-refractivity contribution in [1.29, 1.82) is 5.26 Å². The second-order valence-electron chi connectivity index (χ2n) is 7.16. The minimum Gasteiger partial charge on any atom is -0.481 e. The van der Waals surface area contributed by atoms with E-state index in [0.29, 0.717) is 23.4 Å². The zero-order valence-corrected chi connectivity index (χ0v) is 16.6. The van der Waals surface area contributed by atoms with Crippen molar-refractivity contribution in [3.05, 3.63) is 65.2 Å². The molecule has 0 bridgehead atoms. The molecule has 2 amide bonds. The number of rotatable bonds is 6. The van der Waals surface area contributed by atoms with Gasteiger partial charge in [0.15, 0.2) is 6.10 Å². The number of nitrogens with zero attached hydrogens (tertiary/aromatic N) is 2. The van der Waals surface area contributed by atoms with Crippen molar-refractivity contribution in [2.75, 3.05) is 13.1 Å². The molecule has 0 aliphatic carbocycles. The predicted octanol–water partition coefficient (Wildman–Crippen LogP) is 3.27. The van der Waals surface area contributed by atoms with Gasteiger partial charge in [0.05, 0.1) is 11.6 Å². The van der Waals surface area contributed by atoms with Crippen LogP contribution in [0, 0.1) is 11.3 Å². The van der Waals surface area contributed by atoms with Crippen LogP contribution in [0.2, 0.25) is 0 Å². The molecule has 1 aliphatic heterocycles. The topological polar surface area (TPSA) is 82.4 Å². The Morgan fingerprint density at radius 3 is 2.34 bits per heavy atom. The first kappa shape index (κ1) is 20.4. The molecule has 6 heteroatoms. The minimum atomic E-state index is -0.664. The Kier molecular flexibility index (Phi) is 6.85. The fraction of sp³-hybridized carbons (Fsp3) is 0.348. The zero-order valence-electron chi connectivity index (χ0n) is 16.6. The largest absolute Gasteiger partial charge is 0.481 e. The SMILES string of the molecule is CC(Oc1ccc(C#N)cc1)C(=O)NCc1ccc(C(=O)N2CCCCC2)cc1. The van der Waals surface area contributed by atoms with Crippen LogP contribution in [0.15, 0.2) is 48.5 Å². The highest BCUT2D eigenvalue weighted by Crippen LogP contribution is 2.15. The number of piperidine rings is 1. The molecule has 0 aromatic heterocycles. The van der Waals surface area contributed by atoms with Gasteiger partial charge < -0.3 is 15.0 Å². The summed E-state index contributed by atoms with van der Waals surface area (Å²) >= 11 is 0. The smallest absolute Gasteiger partial charge is 0.261 e. The minimum absolute atomic E-state index is 0.0738. The molecule has 3 rings (SSSR count). The first-order chi connectivity index (χ1) is 14.1. The van der Waals surface area contributed by atoms with Crippen molar-refractivity contribution in [3.63, 3.8) is 0 Å². The standard InChI is InChI=1S/C23H25N3O3/c1-17(29-21-11-7-18(15-24)8-12-21)22(27)25-16-19-5-9-20(10-6-19)23(28)26-13-3-2-4-14-26/h5-12,17H,2-4,13-14,16H2,1H3,(H,25,27). The number of nitriles is 1. The van der Waals surface area contributed by atoms with Crippen molar-refractivity contribution >= 4 is 11.8 Å². The fourth-order valence-electron chi connectivity index (χ4n) is 3.24. The Morgan fingerprint density at radius 2 is 1.72 bits per heavy atom. The Bertz CT molecular complexity index is 879. The maximum absolute atomic E-state index is 12.5. The maximum atomic E-state index is 12.5. The molecule has 1 saturated heterocycles. The molecule has 1 N–H and O–H groups in total. The molecule has 0 spiro atoms. The van der Waals surface area contributed by atoms with Crippen molar-refractivity contribution < 1.29 is 14.3 Å². The number of benzene rings is 2. The molecule has 0 saturated carbocycles. The third kappa shape index (κ3) is 5.58. The van der Waals surface area contributed by atoms with Gasteiger partial charge in [-0.05, 0) is 68.1 Å². The van der Waals surface area contributed by atoms with Gasteiger partial charge in [0, 0.05) is 25.2 Å². The molecule has 1 atom stereocenters. The Hall–Kier alpha value is -3.33. The third-order valence-electron chi connectivity index (χ3n) is 4.98. The lowest BCUT2D eigenvalue weighted by Gasteiger charge is -2.26. The molecule has 2 aromatic carbocycles. The van der Waals surface area contributed by atoms with Crippen molar-refractivity contribution in [2.24, 2.45) is 0 Å². The summed E-state index contributed by atoms with van der Waals surface area (Å²) in [5.41, 5.74) is 2.13. The summed E-state index contributed by atoms with van der Waals surface area (Å²) in [5.74, 6) is 0.375. The summed E-state index contributed by atoms with van der Waals surface area (Å²) in [7, 11) is 0. The van der Waals surface area contributed by atoms with Gasteiger partial charge in [-0.3, -0.25) is 9.59 Å². The van der Waals surface area contributed by atoms with Crippen molar-refractivity contribution in [2.45, 2.75) is 38.8 Å². The molecule has 1 aliphatic rings. The third-order valence-corrected chi connectivity index (χ3v) is 4.98. The van der Waals surface area contributed by atoms with Crippen LogP contribution < -0.4 is 10.1 Å². The number of nitrogens with one attached hydrogen (secondary N) is 1. The lowest BCUT2D eigenvalue weighted by Crippen LogP contribution is -2.36. The van der Waals surface area contributed by atoms with Crippen LogP contribution >= 0.6 is 0 Å². The molecular weight excluding hydrogens is 366 g/mol. The van der Waals surface area contributed by atoms with E-state index < -0.39 is 6.10 Å². The van der Waals surface area contributed by atoms with Crippen LogP contribution in [-0.4, -0.2) is 35.9 Å². The van der Waals surface area contributed by atoms with Crippen LogP contribution in [0.5, 0.6) is 5.75 Å².